The molecule has 5 nitrogen and oxygen atoms in total. The van der Waals surface area contributed by atoms with Crippen molar-refractivity contribution in [2.24, 2.45) is 5.92 Å². The Morgan fingerprint density at radius 1 is 1.25 bits per heavy atom. The van der Waals surface area contributed by atoms with E-state index < -0.39 is 5.60 Å². The Kier molecular flexibility index (Phi) is 5.67. The highest BCUT2D eigenvalue weighted by Gasteiger charge is 2.52. The van der Waals surface area contributed by atoms with E-state index in [1.165, 1.54) is 4.88 Å². The molecule has 2 unspecified atom stereocenters. The summed E-state index contributed by atoms with van der Waals surface area (Å²) in [5, 5.41) is 2.16. The maximum absolute atomic E-state index is 12.4. The standard InChI is InChI=1S/C21H34BNO4S/c1-14-12-23(18(24)25-19(2,3)4)10-9-16(14)17-11-15(13-28-17)22-26-20(5,6)21(7,8)27-22/h11,13-14,16H,9-10,12H2,1-8H3. The number of hydrogen-bond acceptors (Lipinski definition) is 5. The van der Waals surface area contributed by atoms with Crippen molar-refractivity contribution in [3.63, 3.8) is 0 Å². The molecular formula is C21H34BNO4S. The van der Waals surface area contributed by atoms with Crippen molar-refractivity contribution in [3.8, 4) is 0 Å². The van der Waals surface area contributed by atoms with Gasteiger partial charge in [0.1, 0.15) is 5.60 Å². The molecule has 0 aromatic carbocycles. The van der Waals surface area contributed by atoms with E-state index >= 15 is 0 Å². The fraction of sp³-hybridized carbons (Fsp3) is 0.762. The van der Waals surface area contributed by atoms with Gasteiger partial charge in [0.2, 0.25) is 0 Å². The van der Waals surface area contributed by atoms with Gasteiger partial charge in [-0.2, -0.15) is 0 Å². The summed E-state index contributed by atoms with van der Waals surface area (Å²) in [5.74, 6) is 0.825. The molecule has 0 N–H and O–H groups in total. The number of hydrogen-bond donors (Lipinski definition) is 0. The fourth-order valence-corrected chi connectivity index (χ4v) is 4.91. The number of carbonyl (C=O) groups is 1. The highest BCUT2D eigenvalue weighted by Crippen LogP contribution is 2.39. The summed E-state index contributed by atoms with van der Waals surface area (Å²) in [6.07, 6.45) is 0.742. The smallest absolute Gasteiger partial charge is 0.444 e. The van der Waals surface area contributed by atoms with Crippen molar-refractivity contribution in [3.05, 3.63) is 16.3 Å². The zero-order valence-electron chi connectivity index (χ0n) is 18.5. The lowest BCUT2D eigenvalue weighted by atomic mass is 9.79. The topological polar surface area (TPSA) is 48.0 Å². The van der Waals surface area contributed by atoms with Gasteiger partial charge in [-0.1, -0.05) is 6.92 Å². The fourth-order valence-electron chi connectivity index (χ4n) is 3.73. The van der Waals surface area contributed by atoms with Crippen LogP contribution >= 0.6 is 11.3 Å². The molecule has 7 heteroatoms. The van der Waals surface area contributed by atoms with Crippen LogP contribution in [0.15, 0.2) is 11.4 Å². The van der Waals surface area contributed by atoms with Crippen LogP contribution < -0.4 is 5.46 Å². The first-order chi connectivity index (χ1) is 12.8. The van der Waals surface area contributed by atoms with E-state index in [9.17, 15) is 4.79 Å². The minimum atomic E-state index is -0.456. The summed E-state index contributed by atoms with van der Waals surface area (Å²) in [7, 11) is -0.313. The lowest BCUT2D eigenvalue weighted by molar-refractivity contribution is 0.00578. The van der Waals surface area contributed by atoms with E-state index in [1.807, 2.05) is 25.7 Å². The van der Waals surface area contributed by atoms with Crippen LogP contribution in [0, 0.1) is 5.92 Å². The van der Waals surface area contributed by atoms with Gasteiger partial charge in [-0.15, -0.1) is 11.3 Å². The van der Waals surface area contributed by atoms with Gasteiger partial charge in [0.25, 0.3) is 0 Å². The van der Waals surface area contributed by atoms with Gasteiger partial charge in [0, 0.05) is 18.0 Å². The zero-order valence-corrected chi connectivity index (χ0v) is 19.3. The predicted molar refractivity (Wildman–Crippen MR) is 114 cm³/mol. The molecule has 1 amide bonds. The van der Waals surface area contributed by atoms with Crippen LogP contribution in [0.1, 0.15) is 72.6 Å². The molecule has 1 aromatic heterocycles. The van der Waals surface area contributed by atoms with Crippen molar-refractivity contribution in [1.29, 1.82) is 0 Å². The van der Waals surface area contributed by atoms with Crippen molar-refractivity contribution in [2.75, 3.05) is 13.1 Å². The SMILES string of the molecule is CC1CN(C(=O)OC(C)(C)C)CCC1c1cc(B2OC(C)(C)C(C)(C)O2)cs1. The second kappa shape index (κ2) is 7.33. The Balaban J connectivity index is 1.64. The Bertz CT molecular complexity index is 708. The molecule has 0 bridgehead atoms. The molecule has 2 atom stereocenters. The summed E-state index contributed by atoms with van der Waals surface area (Å²) < 4.78 is 17.9. The van der Waals surface area contributed by atoms with E-state index in [0.29, 0.717) is 11.8 Å². The largest absolute Gasteiger partial charge is 0.495 e. The first-order valence-electron chi connectivity index (χ1n) is 10.2. The van der Waals surface area contributed by atoms with Gasteiger partial charge in [-0.25, -0.2) is 4.79 Å². The maximum atomic E-state index is 12.4. The van der Waals surface area contributed by atoms with Gasteiger partial charge in [-0.05, 0) is 83.6 Å². The van der Waals surface area contributed by atoms with Crippen LogP contribution in [0.5, 0.6) is 0 Å². The van der Waals surface area contributed by atoms with Crippen LogP contribution in [0.4, 0.5) is 4.79 Å². The van der Waals surface area contributed by atoms with Gasteiger partial charge in [0.05, 0.1) is 11.2 Å². The molecular weight excluding hydrogens is 373 g/mol. The number of nitrogens with zero attached hydrogens (tertiary/aromatic N) is 1. The average Bonchev–Trinajstić information content (AvgIpc) is 3.08. The summed E-state index contributed by atoms with van der Waals surface area (Å²) in [6, 6.07) is 2.23. The van der Waals surface area contributed by atoms with Crippen LogP contribution in [0.25, 0.3) is 0 Å². The zero-order chi connectivity index (χ0) is 20.9. The van der Waals surface area contributed by atoms with Gasteiger partial charge in [-0.3, -0.25) is 0 Å². The quantitative estimate of drug-likeness (QED) is 0.682. The maximum Gasteiger partial charge on any atom is 0.495 e. The second-order valence-corrected chi connectivity index (χ2v) is 11.1. The van der Waals surface area contributed by atoms with Crippen LogP contribution in [0.3, 0.4) is 0 Å². The molecule has 3 heterocycles. The van der Waals surface area contributed by atoms with E-state index in [-0.39, 0.29) is 24.4 Å². The summed E-state index contributed by atoms with van der Waals surface area (Å²) >= 11 is 1.77. The predicted octanol–water partition coefficient (Wildman–Crippen LogP) is 4.41. The van der Waals surface area contributed by atoms with Crippen LogP contribution in [-0.2, 0) is 14.0 Å². The molecule has 1 aromatic rings. The number of likely N-dealkylation sites (tertiary alicyclic amines) is 1. The Hall–Kier alpha value is -1.05. The van der Waals surface area contributed by atoms with Crippen molar-refractivity contribution < 1.29 is 18.8 Å². The highest BCUT2D eigenvalue weighted by molar-refractivity contribution is 7.11. The van der Waals surface area contributed by atoms with Crippen LogP contribution in [-0.4, -0.2) is 48.0 Å². The highest BCUT2D eigenvalue weighted by atomic mass is 32.1. The number of amides is 1. The molecule has 0 radical (unpaired) electrons. The minimum Gasteiger partial charge on any atom is -0.444 e. The van der Waals surface area contributed by atoms with Crippen LogP contribution in [0.2, 0.25) is 0 Å². The molecule has 0 spiro atoms. The lowest BCUT2D eigenvalue weighted by Gasteiger charge is -2.37. The van der Waals surface area contributed by atoms with Gasteiger partial charge >= 0.3 is 13.2 Å². The third-order valence-corrected chi connectivity index (χ3v) is 7.17. The Morgan fingerprint density at radius 2 is 1.86 bits per heavy atom. The Morgan fingerprint density at radius 3 is 2.39 bits per heavy atom. The summed E-state index contributed by atoms with van der Waals surface area (Å²) in [5.41, 5.74) is -0.0132. The number of thiophene rings is 1. The summed E-state index contributed by atoms with van der Waals surface area (Å²) in [6.45, 7) is 17.7. The lowest BCUT2D eigenvalue weighted by Crippen LogP contribution is -2.44. The molecule has 0 aliphatic carbocycles. The first-order valence-corrected chi connectivity index (χ1v) is 11.1. The van der Waals surface area contributed by atoms with Crippen molar-refractivity contribution in [1.82, 2.24) is 4.90 Å². The Labute approximate surface area is 173 Å². The molecule has 3 rings (SSSR count). The molecule has 28 heavy (non-hydrogen) atoms. The number of piperidine rings is 1. The van der Waals surface area contributed by atoms with Gasteiger partial charge < -0.3 is 18.9 Å². The monoisotopic (exact) mass is 407 g/mol. The molecule has 2 aliphatic rings. The first kappa shape index (κ1) is 21.7. The second-order valence-electron chi connectivity index (χ2n) is 10.2. The third kappa shape index (κ3) is 4.41. The molecule has 156 valence electrons. The van der Waals surface area contributed by atoms with E-state index in [0.717, 1.165) is 25.0 Å². The van der Waals surface area contributed by atoms with Crippen molar-refractivity contribution in [2.45, 2.75) is 84.5 Å². The molecule has 0 saturated carbocycles. The third-order valence-electron chi connectivity index (χ3n) is 6.09. The van der Waals surface area contributed by atoms with Gasteiger partial charge in [0.15, 0.2) is 0 Å². The summed E-state index contributed by atoms with van der Waals surface area (Å²) in [4.78, 5) is 15.6. The van der Waals surface area contributed by atoms with E-state index in [4.69, 9.17) is 14.0 Å². The minimum absolute atomic E-state index is 0.207. The van der Waals surface area contributed by atoms with E-state index in [2.05, 4.69) is 46.1 Å². The number of carbonyl (C=O) groups excluding carboxylic acids is 1. The normalized spacial score (nSPS) is 27.1. The molecule has 2 fully saturated rings. The average molecular weight is 407 g/mol. The number of ether oxygens (including phenoxy) is 1. The molecule has 2 saturated heterocycles. The molecule has 2 aliphatic heterocycles. The van der Waals surface area contributed by atoms with Crippen molar-refractivity contribution >= 4 is 30.0 Å². The number of rotatable bonds is 2. The van der Waals surface area contributed by atoms with E-state index in [1.54, 1.807) is 11.3 Å².